The highest BCUT2D eigenvalue weighted by Gasteiger charge is 2.44. The molecule has 0 bridgehead atoms. The number of carbonyl (C=O) groups is 1. The van der Waals surface area contributed by atoms with E-state index in [0.29, 0.717) is 11.1 Å². The minimum atomic E-state index is -4.04. The Hall–Kier alpha value is -2.54. The normalized spacial score (nSPS) is 13.6. The fourth-order valence-corrected chi connectivity index (χ4v) is 4.74. The lowest BCUT2D eigenvalue weighted by Crippen LogP contribution is -2.37. The highest BCUT2D eigenvalue weighted by molar-refractivity contribution is 7.21. The molecular formula is C22H21F2NO3S. The second-order valence-corrected chi connectivity index (χ2v) is 8.27. The first-order chi connectivity index (χ1) is 13.8. The average molecular weight is 417 g/mol. The topological polar surface area (TPSA) is 48.4 Å². The quantitative estimate of drug-likeness (QED) is 0.507. The molecule has 7 heteroatoms. The lowest BCUT2D eigenvalue weighted by Gasteiger charge is -2.19. The number of fused-ring (bicyclic) bond motifs is 2. The summed E-state index contributed by atoms with van der Waals surface area (Å²) in [5, 5.41) is 0.832. The number of hydrogen-bond donors (Lipinski definition) is 0. The van der Waals surface area contributed by atoms with Gasteiger partial charge in [-0.05, 0) is 86.6 Å². The van der Waals surface area contributed by atoms with Gasteiger partial charge in [0.1, 0.15) is 10.8 Å². The van der Waals surface area contributed by atoms with E-state index in [1.54, 1.807) is 37.3 Å². The van der Waals surface area contributed by atoms with Gasteiger partial charge in [-0.25, -0.2) is 9.78 Å². The van der Waals surface area contributed by atoms with E-state index in [1.165, 1.54) is 24.5 Å². The molecule has 2 aromatic carbocycles. The number of esters is 1. The van der Waals surface area contributed by atoms with Crippen LogP contribution in [0.15, 0.2) is 24.3 Å². The number of rotatable bonds is 5. The second kappa shape index (κ2) is 7.37. The molecule has 29 heavy (non-hydrogen) atoms. The van der Waals surface area contributed by atoms with Gasteiger partial charge in [-0.3, -0.25) is 0 Å². The van der Waals surface area contributed by atoms with Crippen LogP contribution >= 0.6 is 11.3 Å². The molecular weight excluding hydrogens is 396 g/mol. The van der Waals surface area contributed by atoms with E-state index in [1.807, 2.05) is 0 Å². The standard InChI is InChI=1S/C22H21F2NO3S/c1-4-27-21(26)22(23,24)28-19-12(2)8-16(9-13(19)3)20-25-17-10-14-6-5-7-15(14)11-18(17)29-20/h8-11H,4-7H2,1-3H3. The SMILES string of the molecule is CCOC(=O)C(F)(F)Oc1c(C)cc(-c2nc3cc4c(cc3s2)CCC4)cc1C. The van der Waals surface area contributed by atoms with Crippen molar-refractivity contribution in [3.05, 3.63) is 46.5 Å². The molecule has 3 aromatic rings. The van der Waals surface area contributed by atoms with E-state index in [4.69, 9.17) is 9.72 Å². The summed E-state index contributed by atoms with van der Waals surface area (Å²) in [5.74, 6) is -1.71. The van der Waals surface area contributed by atoms with Crippen LogP contribution in [-0.2, 0) is 22.4 Å². The summed E-state index contributed by atoms with van der Waals surface area (Å²) < 4.78 is 38.3. The summed E-state index contributed by atoms with van der Waals surface area (Å²) in [6.07, 6.45) is -0.645. The van der Waals surface area contributed by atoms with Gasteiger partial charge in [0.15, 0.2) is 0 Å². The Kier molecular flexibility index (Phi) is 5.02. The predicted molar refractivity (Wildman–Crippen MR) is 109 cm³/mol. The highest BCUT2D eigenvalue weighted by atomic mass is 32.1. The molecule has 4 rings (SSSR count). The Morgan fingerprint density at radius 1 is 1.14 bits per heavy atom. The number of benzene rings is 2. The average Bonchev–Trinajstić information content (AvgIpc) is 3.28. The molecule has 0 saturated carbocycles. The molecule has 4 nitrogen and oxygen atoms in total. The van der Waals surface area contributed by atoms with E-state index in [9.17, 15) is 13.6 Å². The number of alkyl halides is 2. The minimum Gasteiger partial charge on any atom is -0.459 e. The molecule has 0 N–H and O–H groups in total. The van der Waals surface area contributed by atoms with E-state index in [-0.39, 0.29) is 12.4 Å². The van der Waals surface area contributed by atoms with Crippen LogP contribution in [0.5, 0.6) is 5.75 Å². The van der Waals surface area contributed by atoms with Crippen molar-refractivity contribution in [1.29, 1.82) is 0 Å². The molecule has 1 aliphatic rings. The molecule has 1 aromatic heterocycles. The molecule has 0 spiro atoms. The fourth-order valence-electron chi connectivity index (χ4n) is 3.74. The minimum absolute atomic E-state index is 0.0214. The van der Waals surface area contributed by atoms with Gasteiger partial charge in [0.25, 0.3) is 0 Å². The molecule has 1 aliphatic carbocycles. The van der Waals surface area contributed by atoms with Crippen molar-refractivity contribution in [3.63, 3.8) is 0 Å². The van der Waals surface area contributed by atoms with Crippen LogP contribution in [0.2, 0.25) is 0 Å². The van der Waals surface area contributed by atoms with Gasteiger partial charge < -0.3 is 9.47 Å². The summed E-state index contributed by atoms with van der Waals surface area (Å²) in [7, 11) is 0. The van der Waals surface area contributed by atoms with Crippen molar-refractivity contribution in [1.82, 2.24) is 4.98 Å². The number of nitrogens with zero attached hydrogens (tertiary/aromatic N) is 1. The number of halogens is 2. The first-order valence-electron chi connectivity index (χ1n) is 9.56. The number of aromatic nitrogens is 1. The van der Waals surface area contributed by atoms with Crippen LogP contribution in [0.4, 0.5) is 8.78 Å². The van der Waals surface area contributed by atoms with Crippen LogP contribution in [0, 0.1) is 13.8 Å². The van der Waals surface area contributed by atoms with Crippen LogP contribution in [0.25, 0.3) is 20.8 Å². The van der Waals surface area contributed by atoms with Gasteiger partial charge in [-0.15, -0.1) is 11.3 Å². The van der Waals surface area contributed by atoms with Crippen LogP contribution in [-0.4, -0.2) is 23.7 Å². The second-order valence-electron chi connectivity index (χ2n) is 7.24. The van der Waals surface area contributed by atoms with E-state index in [2.05, 4.69) is 16.9 Å². The van der Waals surface area contributed by atoms with Gasteiger partial charge in [0.2, 0.25) is 0 Å². The zero-order valence-corrected chi connectivity index (χ0v) is 17.3. The Balaban J connectivity index is 1.67. The fraction of sp³-hybridized carbons (Fsp3) is 0.364. The zero-order valence-electron chi connectivity index (χ0n) is 16.5. The van der Waals surface area contributed by atoms with Crippen molar-refractivity contribution in [2.45, 2.75) is 46.1 Å². The third-order valence-corrected chi connectivity index (χ3v) is 6.12. The first-order valence-corrected chi connectivity index (χ1v) is 10.4. The zero-order chi connectivity index (χ0) is 20.8. The molecule has 0 atom stereocenters. The number of hydrogen-bond acceptors (Lipinski definition) is 5. The van der Waals surface area contributed by atoms with E-state index >= 15 is 0 Å². The third kappa shape index (κ3) is 3.71. The van der Waals surface area contributed by atoms with Crippen LogP contribution in [0.3, 0.4) is 0 Å². The Labute approximate surface area is 171 Å². The van der Waals surface area contributed by atoms with Crippen molar-refractivity contribution >= 4 is 27.5 Å². The van der Waals surface area contributed by atoms with E-state index in [0.717, 1.165) is 33.6 Å². The molecule has 0 unspecified atom stereocenters. The molecule has 0 amide bonds. The largest absolute Gasteiger partial charge is 0.502 e. The maximum absolute atomic E-state index is 14.0. The van der Waals surface area contributed by atoms with E-state index < -0.39 is 12.1 Å². The molecule has 1 heterocycles. The lowest BCUT2D eigenvalue weighted by atomic mass is 10.1. The van der Waals surface area contributed by atoms with Gasteiger partial charge >= 0.3 is 12.1 Å². The third-order valence-electron chi connectivity index (χ3n) is 5.05. The molecule has 0 aliphatic heterocycles. The Bertz CT molecular complexity index is 1040. The lowest BCUT2D eigenvalue weighted by molar-refractivity contribution is -0.216. The van der Waals surface area contributed by atoms with Crippen LogP contribution in [0.1, 0.15) is 35.6 Å². The summed E-state index contributed by atoms with van der Waals surface area (Å²) in [4.78, 5) is 16.2. The number of thiazole rings is 1. The number of aryl methyl sites for hydroxylation is 4. The van der Waals surface area contributed by atoms with Crippen molar-refractivity contribution < 1.29 is 23.0 Å². The maximum Gasteiger partial charge on any atom is 0.502 e. The summed E-state index contributed by atoms with van der Waals surface area (Å²) in [5.41, 5.74) is 5.58. The summed E-state index contributed by atoms with van der Waals surface area (Å²) in [6, 6.07) is 7.90. The molecule has 0 fully saturated rings. The Morgan fingerprint density at radius 3 is 2.45 bits per heavy atom. The number of carbonyl (C=O) groups excluding carboxylic acids is 1. The highest BCUT2D eigenvalue weighted by Crippen LogP contribution is 2.38. The molecule has 0 radical (unpaired) electrons. The van der Waals surface area contributed by atoms with Gasteiger partial charge in [0.05, 0.1) is 16.8 Å². The van der Waals surface area contributed by atoms with Gasteiger partial charge in [-0.1, -0.05) is 0 Å². The van der Waals surface area contributed by atoms with Crippen molar-refractivity contribution in [2.75, 3.05) is 6.61 Å². The predicted octanol–water partition coefficient (Wildman–Crippen LogP) is 5.60. The Morgan fingerprint density at radius 2 is 1.79 bits per heavy atom. The summed E-state index contributed by atoms with van der Waals surface area (Å²) >= 11 is 1.59. The van der Waals surface area contributed by atoms with Crippen molar-refractivity contribution in [3.8, 4) is 16.3 Å². The molecule has 152 valence electrons. The monoisotopic (exact) mass is 417 g/mol. The van der Waals surface area contributed by atoms with Crippen molar-refractivity contribution in [2.24, 2.45) is 0 Å². The van der Waals surface area contributed by atoms with Gasteiger partial charge in [0, 0.05) is 5.56 Å². The number of ether oxygens (including phenoxy) is 2. The van der Waals surface area contributed by atoms with Crippen LogP contribution < -0.4 is 4.74 Å². The smallest absolute Gasteiger partial charge is 0.459 e. The first kappa shape index (κ1) is 19.8. The summed E-state index contributed by atoms with van der Waals surface area (Å²) in [6.45, 7) is 4.67. The molecule has 0 saturated heterocycles. The maximum atomic E-state index is 14.0. The van der Waals surface area contributed by atoms with Gasteiger partial charge in [-0.2, -0.15) is 8.78 Å².